The quantitative estimate of drug-likeness (QED) is 0.623. The molecule has 0 fully saturated rings. The van der Waals surface area contributed by atoms with E-state index in [2.05, 4.69) is 20.6 Å². The topological polar surface area (TPSA) is 93.0 Å². The Morgan fingerprint density at radius 2 is 2.11 bits per heavy atom. The molecule has 0 aliphatic heterocycles. The number of nitro groups is 1. The van der Waals surface area contributed by atoms with E-state index >= 15 is 0 Å². The van der Waals surface area contributed by atoms with E-state index in [0.717, 1.165) is 5.56 Å². The summed E-state index contributed by atoms with van der Waals surface area (Å²) in [7, 11) is 0. The Morgan fingerprint density at radius 3 is 2.68 bits per heavy atom. The van der Waals surface area contributed by atoms with E-state index in [1.807, 2.05) is 23.8 Å². The first-order valence-corrected chi connectivity index (χ1v) is 6.65. The number of rotatable bonds is 6. The fraction of sp³-hybridized carbons (Fsp3) is 0.273. The maximum atomic E-state index is 11.1. The fourth-order valence-corrected chi connectivity index (χ4v) is 2.23. The van der Waals surface area contributed by atoms with Crippen molar-refractivity contribution in [2.24, 2.45) is 0 Å². The van der Waals surface area contributed by atoms with Crippen molar-refractivity contribution in [3.8, 4) is 0 Å². The highest BCUT2D eigenvalue weighted by molar-refractivity contribution is 7.07. The van der Waals surface area contributed by atoms with Gasteiger partial charge in [0.2, 0.25) is 11.6 Å². The zero-order valence-electron chi connectivity index (χ0n) is 10.3. The van der Waals surface area contributed by atoms with Gasteiger partial charge in [-0.15, -0.1) is 0 Å². The highest BCUT2D eigenvalue weighted by Gasteiger charge is 2.22. The van der Waals surface area contributed by atoms with Gasteiger partial charge in [-0.05, 0) is 29.3 Å². The molecular formula is C11H13N5O2S. The monoisotopic (exact) mass is 279 g/mol. The Labute approximate surface area is 113 Å². The van der Waals surface area contributed by atoms with Gasteiger partial charge in [0, 0.05) is 13.1 Å². The van der Waals surface area contributed by atoms with Crippen LogP contribution in [0.25, 0.3) is 0 Å². The summed E-state index contributed by atoms with van der Waals surface area (Å²) in [6, 6.07) is 1.95. The van der Waals surface area contributed by atoms with Crippen molar-refractivity contribution < 1.29 is 4.92 Å². The SMILES string of the molecule is CCNc1ncnc(NCc2ccsc2)c1[N+](=O)[O-]. The Bertz CT molecular complexity index is 558. The average molecular weight is 279 g/mol. The Hall–Kier alpha value is -2.22. The van der Waals surface area contributed by atoms with Crippen LogP contribution in [-0.4, -0.2) is 21.4 Å². The molecule has 0 bridgehead atoms. The number of hydrogen-bond acceptors (Lipinski definition) is 7. The minimum absolute atomic E-state index is 0.125. The maximum absolute atomic E-state index is 11.1. The van der Waals surface area contributed by atoms with E-state index in [0.29, 0.717) is 13.1 Å². The lowest BCUT2D eigenvalue weighted by molar-refractivity contribution is -0.383. The van der Waals surface area contributed by atoms with Crippen molar-refractivity contribution in [1.82, 2.24) is 9.97 Å². The number of nitrogens with zero attached hydrogens (tertiary/aromatic N) is 3. The van der Waals surface area contributed by atoms with Crippen LogP contribution in [0, 0.1) is 10.1 Å². The van der Waals surface area contributed by atoms with Crippen molar-refractivity contribution in [3.05, 3.63) is 38.8 Å². The summed E-state index contributed by atoms with van der Waals surface area (Å²) in [5.74, 6) is 0.456. The summed E-state index contributed by atoms with van der Waals surface area (Å²) in [6.07, 6.45) is 1.31. The molecule has 7 nitrogen and oxygen atoms in total. The van der Waals surface area contributed by atoms with Gasteiger partial charge in [0.05, 0.1) is 4.92 Å². The molecule has 2 N–H and O–H groups in total. The van der Waals surface area contributed by atoms with Gasteiger partial charge in [-0.3, -0.25) is 10.1 Å². The summed E-state index contributed by atoms with van der Waals surface area (Å²) in [5, 5.41) is 20.9. The molecular weight excluding hydrogens is 266 g/mol. The predicted molar refractivity (Wildman–Crippen MR) is 74.5 cm³/mol. The van der Waals surface area contributed by atoms with E-state index in [-0.39, 0.29) is 17.3 Å². The van der Waals surface area contributed by atoms with E-state index < -0.39 is 4.92 Å². The zero-order chi connectivity index (χ0) is 13.7. The first-order chi connectivity index (χ1) is 9.22. The minimum Gasteiger partial charge on any atom is -0.364 e. The van der Waals surface area contributed by atoms with Gasteiger partial charge in [0.15, 0.2) is 0 Å². The van der Waals surface area contributed by atoms with Crippen molar-refractivity contribution in [2.45, 2.75) is 13.5 Å². The van der Waals surface area contributed by atoms with Gasteiger partial charge in [-0.25, -0.2) is 9.97 Å². The summed E-state index contributed by atoms with van der Waals surface area (Å²) >= 11 is 1.58. The molecule has 0 radical (unpaired) electrons. The van der Waals surface area contributed by atoms with E-state index in [1.165, 1.54) is 6.33 Å². The molecule has 0 aliphatic rings. The third-order valence-corrected chi connectivity index (χ3v) is 3.12. The second kappa shape index (κ2) is 6.10. The highest BCUT2D eigenvalue weighted by Crippen LogP contribution is 2.29. The highest BCUT2D eigenvalue weighted by atomic mass is 32.1. The van der Waals surface area contributed by atoms with Crippen LogP contribution in [0.5, 0.6) is 0 Å². The fourth-order valence-electron chi connectivity index (χ4n) is 1.56. The van der Waals surface area contributed by atoms with Crippen LogP contribution in [0.1, 0.15) is 12.5 Å². The van der Waals surface area contributed by atoms with Gasteiger partial charge in [-0.1, -0.05) is 0 Å². The van der Waals surface area contributed by atoms with Gasteiger partial charge < -0.3 is 10.6 Å². The third-order valence-electron chi connectivity index (χ3n) is 2.39. The molecule has 0 aliphatic carbocycles. The first kappa shape index (κ1) is 13.2. The van der Waals surface area contributed by atoms with Crippen molar-refractivity contribution in [3.63, 3.8) is 0 Å². The smallest absolute Gasteiger partial charge is 0.353 e. The van der Waals surface area contributed by atoms with Gasteiger partial charge in [0.1, 0.15) is 6.33 Å². The van der Waals surface area contributed by atoms with Crippen LogP contribution in [0.2, 0.25) is 0 Å². The minimum atomic E-state index is -0.478. The summed E-state index contributed by atoms with van der Waals surface area (Å²) < 4.78 is 0. The molecule has 0 unspecified atom stereocenters. The zero-order valence-corrected chi connectivity index (χ0v) is 11.1. The van der Waals surface area contributed by atoms with E-state index in [1.54, 1.807) is 11.3 Å². The summed E-state index contributed by atoms with van der Waals surface area (Å²) in [6.45, 7) is 2.90. The summed E-state index contributed by atoms with van der Waals surface area (Å²) in [5.41, 5.74) is 0.933. The molecule has 19 heavy (non-hydrogen) atoms. The summed E-state index contributed by atoms with van der Waals surface area (Å²) in [4.78, 5) is 18.5. The molecule has 0 spiro atoms. The Morgan fingerprint density at radius 1 is 1.37 bits per heavy atom. The molecule has 2 aromatic rings. The largest absolute Gasteiger partial charge is 0.364 e. The second-order valence-corrected chi connectivity index (χ2v) is 4.47. The molecule has 0 amide bonds. The molecule has 8 heteroatoms. The lowest BCUT2D eigenvalue weighted by Crippen LogP contribution is -2.09. The van der Waals surface area contributed by atoms with Crippen LogP contribution in [-0.2, 0) is 6.54 Å². The van der Waals surface area contributed by atoms with Crippen LogP contribution < -0.4 is 10.6 Å². The lowest BCUT2D eigenvalue weighted by Gasteiger charge is -2.08. The molecule has 2 heterocycles. The molecule has 2 rings (SSSR count). The van der Waals surface area contributed by atoms with E-state index in [4.69, 9.17) is 0 Å². The van der Waals surface area contributed by atoms with Crippen LogP contribution in [0.3, 0.4) is 0 Å². The first-order valence-electron chi connectivity index (χ1n) is 5.70. The number of anilines is 2. The second-order valence-electron chi connectivity index (χ2n) is 3.69. The number of nitrogens with one attached hydrogen (secondary N) is 2. The number of hydrogen-bond donors (Lipinski definition) is 2. The van der Waals surface area contributed by atoms with Crippen LogP contribution in [0.15, 0.2) is 23.2 Å². The van der Waals surface area contributed by atoms with Gasteiger partial charge in [0.25, 0.3) is 0 Å². The number of thiophene rings is 1. The normalized spacial score (nSPS) is 10.2. The van der Waals surface area contributed by atoms with Gasteiger partial charge >= 0.3 is 5.69 Å². The molecule has 2 aromatic heterocycles. The van der Waals surface area contributed by atoms with Crippen molar-refractivity contribution in [2.75, 3.05) is 17.2 Å². The van der Waals surface area contributed by atoms with Crippen LogP contribution >= 0.6 is 11.3 Å². The van der Waals surface area contributed by atoms with Crippen LogP contribution in [0.4, 0.5) is 17.3 Å². The predicted octanol–water partition coefficient (Wildman–Crippen LogP) is 2.49. The third kappa shape index (κ3) is 3.16. The molecule has 0 saturated carbocycles. The van der Waals surface area contributed by atoms with E-state index in [9.17, 15) is 10.1 Å². The maximum Gasteiger partial charge on any atom is 0.353 e. The molecule has 0 saturated heterocycles. The molecule has 0 aromatic carbocycles. The number of aromatic nitrogens is 2. The average Bonchev–Trinajstić information content (AvgIpc) is 2.89. The van der Waals surface area contributed by atoms with Crippen molar-refractivity contribution in [1.29, 1.82) is 0 Å². The molecule has 100 valence electrons. The molecule has 0 atom stereocenters. The standard InChI is InChI=1S/C11H13N5O2S/c1-2-12-10-9(16(17)18)11(15-7-14-10)13-5-8-3-4-19-6-8/h3-4,6-7H,2,5H2,1H3,(H2,12,13,14,15). The van der Waals surface area contributed by atoms with Gasteiger partial charge in [-0.2, -0.15) is 11.3 Å². The Balaban J connectivity index is 2.23. The van der Waals surface area contributed by atoms with Crippen molar-refractivity contribution >= 4 is 28.7 Å². The lowest BCUT2D eigenvalue weighted by atomic mass is 10.3. The Kier molecular flexibility index (Phi) is 4.24.